The molecule has 0 atom stereocenters. The first-order chi connectivity index (χ1) is 7.87. The van der Waals surface area contributed by atoms with E-state index in [0.29, 0.717) is 13.1 Å². The van der Waals surface area contributed by atoms with Crippen molar-refractivity contribution < 1.29 is 8.42 Å². The van der Waals surface area contributed by atoms with Gasteiger partial charge in [-0.15, -0.1) is 0 Å². The number of nitrogens with two attached hydrogens (primary N) is 1. The molecule has 0 aliphatic rings. The fourth-order valence-electron chi connectivity index (χ4n) is 1.49. The summed E-state index contributed by atoms with van der Waals surface area (Å²) in [4.78, 5) is 0. The Kier molecular flexibility index (Phi) is 4.77. The van der Waals surface area contributed by atoms with Gasteiger partial charge in [0.25, 0.3) is 0 Å². The molecule has 1 aromatic carbocycles. The first-order valence-corrected chi connectivity index (χ1v) is 7.31. The van der Waals surface area contributed by atoms with E-state index in [2.05, 4.69) is 10.0 Å². The summed E-state index contributed by atoms with van der Waals surface area (Å²) in [5, 5.41) is 3.20. The minimum absolute atomic E-state index is 0.438. The third kappa shape index (κ3) is 6.13. The van der Waals surface area contributed by atoms with Crippen LogP contribution in [0.3, 0.4) is 0 Å². The van der Waals surface area contributed by atoms with Gasteiger partial charge in [-0.2, -0.15) is 0 Å². The molecule has 0 amide bonds. The van der Waals surface area contributed by atoms with Crippen molar-refractivity contribution in [3.8, 4) is 0 Å². The van der Waals surface area contributed by atoms with Gasteiger partial charge in [0, 0.05) is 24.5 Å². The van der Waals surface area contributed by atoms with E-state index in [0.717, 1.165) is 29.6 Å². The highest BCUT2D eigenvalue weighted by atomic mass is 32.2. The molecule has 0 fully saturated rings. The number of benzene rings is 1. The molecule has 0 aromatic heterocycles. The highest BCUT2D eigenvalue weighted by Gasteiger charge is 1.99. The standard InChI is InChI=1S/C11H19N3O2S/c1-9-6-10(12)8-11(7-9)13-4-3-5-14-17(2,15)16/h6-8,13-14H,3-5,12H2,1-2H3. The Balaban J connectivity index is 2.31. The minimum atomic E-state index is -3.08. The molecule has 0 bridgehead atoms. The van der Waals surface area contributed by atoms with Gasteiger partial charge in [-0.1, -0.05) is 0 Å². The Hall–Kier alpha value is -1.27. The summed E-state index contributed by atoms with van der Waals surface area (Å²) in [5.74, 6) is 0. The van der Waals surface area contributed by atoms with Gasteiger partial charge >= 0.3 is 0 Å². The maximum atomic E-state index is 10.8. The number of nitrogen functional groups attached to an aromatic ring is 1. The lowest BCUT2D eigenvalue weighted by atomic mass is 10.2. The quantitative estimate of drug-likeness (QED) is 0.523. The van der Waals surface area contributed by atoms with Gasteiger partial charge in [0.05, 0.1) is 6.26 Å². The number of aryl methyl sites for hydroxylation is 1. The summed E-state index contributed by atoms with van der Waals surface area (Å²) in [6, 6.07) is 5.76. The molecule has 0 spiro atoms. The van der Waals surface area contributed by atoms with E-state index >= 15 is 0 Å². The summed E-state index contributed by atoms with van der Waals surface area (Å²) in [7, 11) is -3.08. The predicted molar refractivity (Wildman–Crippen MR) is 71.5 cm³/mol. The van der Waals surface area contributed by atoms with Crippen molar-refractivity contribution in [2.24, 2.45) is 0 Å². The SMILES string of the molecule is Cc1cc(N)cc(NCCCNS(C)(=O)=O)c1. The van der Waals surface area contributed by atoms with Crippen molar-refractivity contribution in [1.29, 1.82) is 0 Å². The van der Waals surface area contributed by atoms with Crippen LogP contribution >= 0.6 is 0 Å². The van der Waals surface area contributed by atoms with Crippen LogP contribution in [0.25, 0.3) is 0 Å². The highest BCUT2D eigenvalue weighted by Crippen LogP contribution is 2.15. The molecule has 0 saturated heterocycles. The van der Waals surface area contributed by atoms with Crippen molar-refractivity contribution >= 4 is 21.4 Å². The molecule has 1 aromatic rings. The number of sulfonamides is 1. The Bertz CT molecular complexity index is 451. The molecule has 96 valence electrons. The number of nitrogens with one attached hydrogen (secondary N) is 2. The second-order valence-corrected chi connectivity index (χ2v) is 5.91. The van der Waals surface area contributed by atoms with Crippen LogP contribution in [-0.4, -0.2) is 27.8 Å². The zero-order valence-corrected chi connectivity index (χ0v) is 11.0. The summed E-state index contributed by atoms with van der Waals surface area (Å²) >= 11 is 0. The van der Waals surface area contributed by atoms with Crippen LogP contribution in [0, 0.1) is 6.92 Å². The topological polar surface area (TPSA) is 84.2 Å². The zero-order valence-electron chi connectivity index (χ0n) is 10.2. The second-order valence-electron chi connectivity index (χ2n) is 4.08. The van der Waals surface area contributed by atoms with E-state index < -0.39 is 10.0 Å². The van der Waals surface area contributed by atoms with Gasteiger partial charge in [0.1, 0.15) is 0 Å². The average Bonchev–Trinajstić information content (AvgIpc) is 2.13. The van der Waals surface area contributed by atoms with Gasteiger partial charge in [0.15, 0.2) is 0 Å². The number of rotatable bonds is 6. The third-order valence-electron chi connectivity index (χ3n) is 2.15. The highest BCUT2D eigenvalue weighted by molar-refractivity contribution is 7.88. The Labute approximate surface area is 102 Å². The molecule has 0 radical (unpaired) electrons. The van der Waals surface area contributed by atoms with E-state index in [1.165, 1.54) is 0 Å². The van der Waals surface area contributed by atoms with Crippen LogP contribution in [0.15, 0.2) is 18.2 Å². The molecule has 6 heteroatoms. The van der Waals surface area contributed by atoms with Crippen LogP contribution < -0.4 is 15.8 Å². The molecule has 0 unspecified atom stereocenters. The molecule has 0 heterocycles. The van der Waals surface area contributed by atoms with Crippen LogP contribution in [0.1, 0.15) is 12.0 Å². The second kappa shape index (κ2) is 5.88. The lowest BCUT2D eigenvalue weighted by Crippen LogP contribution is -2.24. The van der Waals surface area contributed by atoms with Gasteiger partial charge in [-0.05, 0) is 37.1 Å². The van der Waals surface area contributed by atoms with Gasteiger partial charge < -0.3 is 11.1 Å². The van der Waals surface area contributed by atoms with Crippen LogP contribution in [0.2, 0.25) is 0 Å². The van der Waals surface area contributed by atoms with Crippen molar-refractivity contribution in [1.82, 2.24) is 4.72 Å². The molecule has 0 aliphatic heterocycles. The van der Waals surface area contributed by atoms with Crippen LogP contribution in [0.5, 0.6) is 0 Å². The summed E-state index contributed by atoms with van der Waals surface area (Å²) in [6.45, 7) is 3.12. The van der Waals surface area contributed by atoms with E-state index in [4.69, 9.17) is 5.73 Å². The van der Waals surface area contributed by atoms with Crippen molar-refractivity contribution in [3.05, 3.63) is 23.8 Å². The van der Waals surface area contributed by atoms with Crippen LogP contribution in [-0.2, 0) is 10.0 Å². The first-order valence-electron chi connectivity index (χ1n) is 5.42. The average molecular weight is 257 g/mol. The maximum absolute atomic E-state index is 10.8. The number of anilines is 2. The van der Waals surface area contributed by atoms with Gasteiger partial charge in [0.2, 0.25) is 10.0 Å². The van der Waals surface area contributed by atoms with E-state index in [-0.39, 0.29) is 0 Å². The van der Waals surface area contributed by atoms with Crippen molar-refractivity contribution in [2.75, 3.05) is 30.4 Å². The summed E-state index contributed by atoms with van der Waals surface area (Å²) in [5.41, 5.74) is 8.50. The molecular formula is C11H19N3O2S. The minimum Gasteiger partial charge on any atom is -0.399 e. The molecule has 4 N–H and O–H groups in total. The van der Waals surface area contributed by atoms with E-state index in [1.807, 2.05) is 25.1 Å². The van der Waals surface area contributed by atoms with Crippen molar-refractivity contribution in [3.63, 3.8) is 0 Å². The van der Waals surface area contributed by atoms with E-state index in [1.54, 1.807) is 0 Å². The summed E-state index contributed by atoms with van der Waals surface area (Å²) in [6.07, 6.45) is 1.88. The molecule has 17 heavy (non-hydrogen) atoms. The molecule has 1 rings (SSSR count). The molecular weight excluding hydrogens is 238 g/mol. The third-order valence-corrected chi connectivity index (χ3v) is 2.88. The van der Waals surface area contributed by atoms with Crippen LogP contribution in [0.4, 0.5) is 11.4 Å². The normalized spacial score (nSPS) is 11.4. The zero-order chi connectivity index (χ0) is 12.9. The smallest absolute Gasteiger partial charge is 0.208 e. The van der Waals surface area contributed by atoms with Gasteiger partial charge in [-0.3, -0.25) is 0 Å². The molecule has 0 aliphatic carbocycles. The maximum Gasteiger partial charge on any atom is 0.208 e. The Morgan fingerprint density at radius 1 is 1.24 bits per heavy atom. The Morgan fingerprint density at radius 3 is 2.53 bits per heavy atom. The largest absolute Gasteiger partial charge is 0.399 e. The lowest BCUT2D eigenvalue weighted by molar-refractivity contribution is 0.586. The molecule has 5 nitrogen and oxygen atoms in total. The monoisotopic (exact) mass is 257 g/mol. The van der Waals surface area contributed by atoms with Crippen molar-refractivity contribution in [2.45, 2.75) is 13.3 Å². The van der Waals surface area contributed by atoms with E-state index in [9.17, 15) is 8.42 Å². The predicted octanol–water partition coefficient (Wildman–Crippen LogP) is 0.928. The lowest BCUT2D eigenvalue weighted by Gasteiger charge is -2.08. The fraction of sp³-hybridized carbons (Fsp3) is 0.455. The Morgan fingerprint density at radius 2 is 1.94 bits per heavy atom. The first kappa shape index (κ1) is 13.8. The fourth-order valence-corrected chi connectivity index (χ4v) is 2.01. The van der Waals surface area contributed by atoms with Gasteiger partial charge in [-0.25, -0.2) is 13.1 Å². The summed E-state index contributed by atoms with van der Waals surface area (Å²) < 4.78 is 24.0. The number of hydrogen-bond acceptors (Lipinski definition) is 4. The number of hydrogen-bond donors (Lipinski definition) is 3. The molecule has 0 saturated carbocycles.